The Kier molecular flexibility index (Phi) is 4.66. The first-order chi connectivity index (χ1) is 14.0. The average Bonchev–Trinajstić information content (AvgIpc) is 3.07. The summed E-state index contributed by atoms with van der Waals surface area (Å²) in [5, 5.41) is 13.9. The molecule has 1 amide bonds. The Balaban J connectivity index is 1.68. The zero-order chi connectivity index (χ0) is 20.7. The number of amides is 1. The number of aromatic hydroxyl groups is 1. The van der Waals surface area contributed by atoms with E-state index in [1.54, 1.807) is 35.9 Å². The number of carbonyl (C=O) groups excluding carboxylic acids is 1. The lowest BCUT2D eigenvalue weighted by Crippen LogP contribution is -2.33. The van der Waals surface area contributed by atoms with E-state index >= 15 is 0 Å². The Morgan fingerprint density at radius 1 is 1.21 bits per heavy atom. The maximum Gasteiger partial charge on any atom is 0.267 e. The van der Waals surface area contributed by atoms with Gasteiger partial charge in [0, 0.05) is 18.0 Å². The quantitative estimate of drug-likeness (QED) is 0.695. The Labute approximate surface area is 167 Å². The molecule has 1 atom stereocenters. The van der Waals surface area contributed by atoms with E-state index in [0.29, 0.717) is 28.8 Å². The highest BCUT2D eigenvalue weighted by Crippen LogP contribution is 2.36. The SMILES string of the molecule is COc1ccc(CNC(=O)c2c(O)c3cccc4c3n(c2=O)C(C)C4)cc1OC. The highest BCUT2D eigenvalue weighted by atomic mass is 16.5. The normalized spacial score (nSPS) is 14.8. The van der Waals surface area contributed by atoms with Gasteiger partial charge in [-0.1, -0.05) is 18.2 Å². The van der Waals surface area contributed by atoms with E-state index in [0.717, 1.165) is 11.1 Å². The molecule has 7 nitrogen and oxygen atoms in total. The number of rotatable bonds is 5. The summed E-state index contributed by atoms with van der Waals surface area (Å²) in [5.74, 6) is 0.239. The van der Waals surface area contributed by atoms with Gasteiger partial charge in [-0.05, 0) is 42.7 Å². The first-order valence-electron chi connectivity index (χ1n) is 9.34. The summed E-state index contributed by atoms with van der Waals surface area (Å²) in [5.41, 5.74) is 1.77. The second kappa shape index (κ2) is 7.16. The summed E-state index contributed by atoms with van der Waals surface area (Å²) < 4.78 is 12.1. The lowest BCUT2D eigenvalue weighted by atomic mass is 10.1. The molecule has 1 aliphatic rings. The highest BCUT2D eigenvalue weighted by molar-refractivity contribution is 6.03. The van der Waals surface area contributed by atoms with Gasteiger partial charge in [0.05, 0.1) is 19.7 Å². The molecule has 0 saturated carbocycles. The van der Waals surface area contributed by atoms with Crippen LogP contribution in [-0.4, -0.2) is 29.8 Å². The molecular formula is C22H22N2O5. The van der Waals surface area contributed by atoms with Gasteiger partial charge in [-0.2, -0.15) is 0 Å². The molecule has 4 rings (SSSR count). The van der Waals surface area contributed by atoms with Crippen LogP contribution in [0.3, 0.4) is 0 Å². The molecule has 0 spiro atoms. The first-order valence-corrected chi connectivity index (χ1v) is 9.34. The van der Waals surface area contributed by atoms with Gasteiger partial charge in [-0.15, -0.1) is 0 Å². The van der Waals surface area contributed by atoms with Crippen molar-refractivity contribution in [1.29, 1.82) is 0 Å². The molecule has 2 N–H and O–H groups in total. The second-order valence-electron chi connectivity index (χ2n) is 7.14. The molecule has 0 bridgehead atoms. The second-order valence-corrected chi connectivity index (χ2v) is 7.14. The molecule has 0 aliphatic carbocycles. The molecule has 150 valence electrons. The predicted octanol–water partition coefficient (Wildman–Crippen LogP) is 2.77. The molecule has 3 aromatic rings. The lowest BCUT2D eigenvalue weighted by molar-refractivity contribution is 0.0946. The number of carbonyl (C=O) groups is 1. The van der Waals surface area contributed by atoms with Crippen LogP contribution in [0.1, 0.15) is 34.5 Å². The number of nitrogens with zero attached hydrogens (tertiary/aromatic N) is 1. The zero-order valence-corrected chi connectivity index (χ0v) is 16.5. The Morgan fingerprint density at radius 2 is 1.97 bits per heavy atom. The van der Waals surface area contributed by atoms with Crippen molar-refractivity contribution in [2.24, 2.45) is 0 Å². The Hall–Kier alpha value is -3.48. The summed E-state index contributed by atoms with van der Waals surface area (Å²) in [6.07, 6.45) is 0.697. The highest BCUT2D eigenvalue weighted by Gasteiger charge is 2.29. The number of hydrogen-bond acceptors (Lipinski definition) is 5. The molecule has 1 aromatic heterocycles. The Bertz CT molecular complexity index is 1180. The van der Waals surface area contributed by atoms with E-state index in [2.05, 4.69) is 5.32 Å². The number of aromatic nitrogens is 1. The van der Waals surface area contributed by atoms with Gasteiger partial charge in [0.15, 0.2) is 11.5 Å². The molecule has 1 aliphatic heterocycles. The summed E-state index contributed by atoms with van der Waals surface area (Å²) in [7, 11) is 3.08. The van der Waals surface area contributed by atoms with Gasteiger partial charge in [0.25, 0.3) is 11.5 Å². The number of methoxy groups -OCH3 is 2. The minimum absolute atomic E-state index is 0.0691. The van der Waals surface area contributed by atoms with Crippen molar-refractivity contribution in [3.63, 3.8) is 0 Å². The standard InChI is InChI=1S/C22H22N2O5/c1-12-9-14-5-4-6-15-19(14)24(12)22(27)18(20(15)25)21(26)23-11-13-7-8-16(28-2)17(10-13)29-3/h4-8,10,12,25H,9,11H2,1-3H3,(H,23,26). The van der Waals surface area contributed by atoms with Crippen LogP contribution in [0.25, 0.3) is 10.9 Å². The van der Waals surface area contributed by atoms with Crippen molar-refractivity contribution >= 4 is 16.8 Å². The van der Waals surface area contributed by atoms with Crippen LogP contribution in [-0.2, 0) is 13.0 Å². The van der Waals surface area contributed by atoms with E-state index in [4.69, 9.17) is 9.47 Å². The summed E-state index contributed by atoms with van der Waals surface area (Å²) in [4.78, 5) is 25.9. The first kappa shape index (κ1) is 18.9. The molecule has 0 saturated heterocycles. The molecule has 0 radical (unpaired) electrons. The molecule has 2 heterocycles. The topological polar surface area (TPSA) is 89.8 Å². The molecule has 29 heavy (non-hydrogen) atoms. The lowest BCUT2D eigenvalue weighted by Gasteiger charge is -2.14. The molecule has 7 heteroatoms. The van der Waals surface area contributed by atoms with Crippen LogP contribution in [0.15, 0.2) is 41.2 Å². The van der Waals surface area contributed by atoms with Crippen molar-refractivity contribution in [2.45, 2.75) is 25.9 Å². The minimum atomic E-state index is -0.613. The van der Waals surface area contributed by atoms with Crippen LogP contribution in [0.2, 0.25) is 0 Å². The fraction of sp³-hybridized carbons (Fsp3) is 0.273. The van der Waals surface area contributed by atoms with Gasteiger partial charge in [-0.3, -0.25) is 9.59 Å². The minimum Gasteiger partial charge on any atom is -0.506 e. The van der Waals surface area contributed by atoms with Crippen LogP contribution < -0.4 is 20.3 Å². The largest absolute Gasteiger partial charge is 0.506 e. The predicted molar refractivity (Wildman–Crippen MR) is 109 cm³/mol. The number of pyridine rings is 1. The van der Waals surface area contributed by atoms with Crippen molar-refractivity contribution in [3.8, 4) is 17.2 Å². The summed E-state index contributed by atoms with van der Waals surface area (Å²) in [6.45, 7) is 2.11. The van der Waals surface area contributed by atoms with Crippen LogP contribution in [0.5, 0.6) is 17.2 Å². The summed E-state index contributed by atoms with van der Waals surface area (Å²) >= 11 is 0. The number of para-hydroxylation sites is 1. The van der Waals surface area contributed by atoms with E-state index in [9.17, 15) is 14.7 Å². The number of benzene rings is 2. The molecule has 2 aromatic carbocycles. The molecule has 0 fully saturated rings. The van der Waals surface area contributed by atoms with Crippen LogP contribution >= 0.6 is 0 Å². The molecule has 1 unspecified atom stereocenters. The molecular weight excluding hydrogens is 372 g/mol. The van der Waals surface area contributed by atoms with E-state index < -0.39 is 11.5 Å². The third-order valence-electron chi connectivity index (χ3n) is 5.37. The van der Waals surface area contributed by atoms with Gasteiger partial charge in [0.1, 0.15) is 11.3 Å². The van der Waals surface area contributed by atoms with Gasteiger partial charge >= 0.3 is 0 Å². The van der Waals surface area contributed by atoms with E-state index in [1.165, 1.54) is 7.11 Å². The smallest absolute Gasteiger partial charge is 0.267 e. The maximum absolute atomic E-state index is 13.0. The van der Waals surface area contributed by atoms with Crippen LogP contribution in [0, 0.1) is 0 Å². The van der Waals surface area contributed by atoms with Crippen molar-refractivity contribution < 1.29 is 19.4 Å². The van der Waals surface area contributed by atoms with Crippen molar-refractivity contribution in [1.82, 2.24) is 9.88 Å². The number of nitrogens with one attached hydrogen (secondary N) is 1. The summed E-state index contributed by atoms with van der Waals surface area (Å²) in [6, 6.07) is 10.7. The Morgan fingerprint density at radius 3 is 2.69 bits per heavy atom. The zero-order valence-electron chi connectivity index (χ0n) is 16.5. The fourth-order valence-electron chi connectivity index (χ4n) is 3.99. The third-order valence-corrected chi connectivity index (χ3v) is 5.37. The van der Waals surface area contributed by atoms with Crippen LogP contribution in [0.4, 0.5) is 0 Å². The monoisotopic (exact) mass is 394 g/mol. The third kappa shape index (κ3) is 2.99. The van der Waals surface area contributed by atoms with Crippen molar-refractivity contribution in [3.05, 3.63) is 63.4 Å². The number of hydrogen-bond donors (Lipinski definition) is 2. The average molecular weight is 394 g/mol. The van der Waals surface area contributed by atoms with E-state index in [1.807, 2.05) is 19.1 Å². The number of ether oxygens (including phenoxy) is 2. The van der Waals surface area contributed by atoms with Crippen molar-refractivity contribution in [2.75, 3.05) is 14.2 Å². The van der Waals surface area contributed by atoms with Gasteiger partial charge in [-0.25, -0.2) is 0 Å². The van der Waals surface area contributed by atoms with E-state index in [-0.39, 0.29) is 23.9 Å². The maximum atomic E-state index is 13.0. The van der Waals surface area contributed by atoms with Gasteiger partial charge < -0.3 is 24.5 Å². The van der Waals surface area contributed by atoms with Gasteiger partial charge in [0.2, 0.25) is 0 Å². The fourth-order valence-corrected chi connectivity index (χ4v) is 3.99.